The first kappa shape index (κ1) is 10.5. The Morgan fingerprint density at radius 1 is 1.44 bits per heavy atom. The van der Waals surface area contributed by atoms with E-state index in [0.717, 1.165) is 12.1 Å². The Labute approximate surface area is 86.7 Å². The molecule has 0 aliphatic carbocycles. The van der Waals surface area contributed by atoms with Gasteiger partial charge >= 0.3 is 5.97 Å². The molecule has 0 spiro atoms. The summed E-state index contributed by atoms with van der Waals surface area (Å²) in [5.74, 6) is -3.08. The van der Waals surface area contributed by atoms with E-state index in [4.69, 9.17) is 5.11 Å². The molecule has 1 aromatic carbocycles. The molecule has 0 saturated carbocycles. The maximum absolute atomic E-state index is 13.2. The first-order valence-corrected chi connectivity index (χ1v) is 4.19. The second kappa shape index (κ2) is 3.51. The van der Waals surface area contributed by atoms with Gasteiger partial charge in [0.05, 0.1) is 16.6 Å². The Kier molecular flexibility index (Phi) is 2.30. The predicted molar refractivity (Wildman–Crippen MR) is 48.0 cm³/mol. The van der Waals surface area contributed by atoms with Crippen molar-refractivity contribution in [2.24, 2.45) is 0 Å². The molecule has 0 aliphatic heterocycles. The molecule has 2 aromatic rings. The van der Waals surface area contributed by atoms with Crippen molar-refractivity contribution in [3.8, 4) is 0 Å². The van der Waals surface area contributed by atoms with E-state index in [1.807, 2.05) is 0 Å². The summed E-state index contributed by atoms with van der Waals surface area (Å²) in [6, 6.07) is 1.74. The van der Waals surface area contributed by atoms with Crippen molar-refractivity contribution in [1.82, 2.24) is 9.97 Å². The van der Waals surface area contributed by atoms with E-state index in [2.05, 4.69) is 9.97 Å². The molecule has 0 bridgehead atoms. The third-order valence-corrected chi connectivity index (χ3v) is 2.03. The van der Waals surface area contributed by atoms with Crippen LogP contribution in [0.5, 0.6) is 0 Å². The highest BCUT2D eigenvalue weighted by atomic mass is 19.3. The van der Waals surface area contributed by atoms with Gasteiger partial charge in [-0.3, -0.25) is 0 Å². The van der Waals surface area contributed by atoms with Crippen molar-refractivity contribution < 1.29 is 23.1 Å². The monoisotopic (exact) mass is 230 g/mol. The SMILES string of the molecule is O=C(O)c1cc2nc(C(F)F)[nH]c2cc1F. The van der Waals surface area contributed by atoms with E-state index < -0.39 is 29.6 Å². The van der Waals surface area contributed by atoms with Crippen LogP contribution in [0.2, 0.25) is 0 Å². The molecule has 0 unspecified atom stereocenters. The van der Waals surface area contributed by atoms with E-state index in [9.17, 15) is 18.0 Å². The lowest BCUT2D eigenvalue weighted by Gasteiger charge is -1.95. The lowest BCUT2D eigenvalue weighted by molar-refractivity contribution is 0.0692. The molecule has 7 heteroatoms. The number of alkyl halides is 2. The molecule has 2 N–H and O–H groups in total. The van der Waals surface area contributed by atoms with Crippen LogP contribution in [0.3, 0.4) is 0 Å². The van der Waals surface area contributed by atoms with Crippen LogP contribution in [-0.2, 0) is 0 Å². The fourth-order valence-corrected chi connectivity index (χ4v) is 1.32. The van der Waals surface area contributed by atoms with Gasteiger partial charge in [0.15, 0.2) is 5.82 Å². The zero-order valence-corrected chi connectivity index (χ0v) is 7.67. The van der Waals surface area contributed by atoms with Crippen LogP contribution >= 0.6 is 0 Å². The van der Waals surface area contributed by atoms with Crippen molar-refractivity contribution in [2.75, 3.05) is 0 Å². The number of imidazole rings is 1. The number of aromatic carboxylic acids is 1. The number of halogens is 3. The van der Waals surface area contributed by atoms with Gasteiger partial charge in [0, 0.05) is 6.07 Å². The van der Waals surface area contributed by atoms with Gasteiger partial charge in [-0.25, -0.2) is 22.9 Å². The minimum atomic E-state index is -2.82. The number of aromatic nitrogens is 2. The number of carboxylic acids is 1. The summed E-state index contributed by atoms with van der Waals surface area (Å²) in [5.41, 5.74) is -0.563. The van der Waals surface area contributed by atoms with Crippen LogP contribution in [0, 0.1) is 5.82 Å². The van der Waals surface area contributed by atoms with Crippen LogP contribution in [-0.4, -0.2) is 21.0 Å². The molecule has 16 heavy (non-hydrogen) atoms. The van der Waals surface area contributed by atoms with E-state index in [-0.39, 0.29) is 11.0 Å². The summed E-state index contributed by atoms with van der Waals surface area (Å²) in [5, 5.41) is 8.61. The molecule has 0 amide bonds. The Morgan fingerprint density at radius 3 is 2.69 bits per heavy atom. The third-order valence-electron chi connectivity index (χ3n) is 2.03. The molecule has 0 saturated heterocycles. The van der Waals surface area contributed by atoms with Gasteiger partial charge in [-0.15, -0.1) is 0 Å². The van der Waals surface area contributed by atoms with Crippen LogP contribution in [0.15, 0.2) is 12.1 Å². The zero-order valence-electron chi connectivity index (χ0n) is 7.67. The minimum Gasteiger partial charge on any atom is -0.478 e. The number of rotatable bonds is 2. The van der Waals surface area contributed by atoms with E-state index >= 15 is 0 Å². The number of H-pyrrole nitrogens is 1. The average Bonchev–Trinajstić information content (AvgIpc) is 2.58. The van der Waals surface area contributed by atoms with E-state index in [1.165, 1.54) is 0 Å². The van der Waals surface area contributed by atoms with E-state index in [0.29, 0.717) is 0 Å². The number of nitrogens with zero attached hydrogens (tertiary/aromatic N) is 1. The molecule has 0 atom stereocenters. The predicted octanol–water partition coefficient (Wildman–Crippen LogP) is 2.34. The largest absolute Gasteiger partial charge is 0.478 e. The zero-order chi connectivity index (χ0) is 11.9. The van der Waals surface area contributed by atoms with Gasteiger partial charge in [-0.1, -0.05) is 0 Å². The standard InChI is InChI=1S/C9H5F3N2O2/c10-4-2-6-5(1-3(4)9(15)16)13-8(14-6)7(11)12/h1-2,7H,(H,13,14)(H,15,16). The molecular weight excluding hydrogens is 225 g/mol. The van der Waals surface area contributed by atoms with Crippen LogP contribution in [0.1, 0.15) is 22.6 Å². The van der Waals surface area contributed by atoms with Crippen LogP contribution < -0.4 is 0 Å². The number of aromatic amines is 1. The molecule has 4 nitrogen and oxygen atoms in total. The van der Waals surface area contributed by atoms with Gasteiger partial charge in [-0.2, -0.15) is 0 Å². The highest BCUT2D eigenvalue weighted by molar-refractivity contribution is 5.92. The summed E-state index contributed by atoms with van der Waals surface area (Å²) in [6.45, 7) is 0. The number of hydrogen-bond donors (Lipinski definition) is 2. The summed E-state index contributed by atoms with van der Waals surface area (Å²) in [4.78, 5) is 16.2. The first-order chi connectivity index (χ1) is 7.49. The fourth-order valence-electron chi connectivity index (χ4n) is 1.32. The molecule has 1 heterocycles. The number of carboxylic acid groups (broad SMARTS) is 1. The lowest BCUT2D eigenvalue weighted by Crippen LogP contribution is -1.99. The smallest absolute Gasteiger partial charge is 0.338 e. The quantitative estimate of drug-likeness (QED) is 0.832. The normalized spacial score (nSPS) is 11.2. The number of fused-ring (bicyclic) bond motifs is 1. The minimum absolute atomic E-state index is 0.00546. The molecular formula is C9H5F3N2O2. The molecule has 0 fully saturated rings. The van der Waals surface area contributed by atoms with Crippen molar-refractivity contribution in [1.29, 1.82) is 0 Å². The first-order valence-electron chi connectivity index (χ1n) is 4.19. The molecule has 2 rings (SSSR count). The number of nitrogens with one attached hydrogen (secondary N) is 1. The Balaban J connectivity index is 2.65. The second-order valence-electron chi connectivity index (χ2n) is 3.08. The van der Waals surface area contributed by atoms with E-state index in [1.54, 1.807) is 0 Å². The van der Waals surface area contributed by atoms with Crippen LogP contribution in [0.25, 0.3) is 11.0 Å². The number of benzene rings is 1. The van der Waals surface area contributed by atoms with Crippen LogP contribution in [0.4, 0.5) is 13.2 Å². The van der Waals surface area contributed by atoms with Crippen molar-refractivity contribution in [2.45, 2.75) is 6.43 Å². The molecule has 0 radical (unpaired) electrons. The van der Waals surface area contributed by atoms with Crippen molar-refractivity contribution >= 4 is 17.0 Å². The van der Waals surface area contributed by atoms with Gasteiger partial charge in [0.1, 0.15) is 5.82 Å². The highest BCUT2D eigenvalue weighted by Gasteiger charge is 2.17. The van der Waals surface area contributed by atoms with Gasteiger partial charge in [0.2, 0.25) is 0 Å². The second-order valence-corrected chi connectivity index (χ2v) is 3.08. The highest BCUT2D eigenvalue weighted by Crippen LogP contribution is 2.22. The van der Waals surface area contributed by atoms with Crippen molar-refractivity contribution in [3.05, 3.63) is 29.3 Å². The number of carbonyl (C=O) groups is 1. The maximum atomic E-state index is 13.2. The Morgan fingerprint density at radius 2 is 2.12 bits per heavy atom. The Hall–Kier alpha value is -2.05. The summed E-state index contributed by atoms with van der Waals surface area (Å²) in [7, 11) is 0. The maximum Gasteiger partial charge on any atom is 0.338 e. The third kappa shape index (κ3) is 1.60. The summed E-state index contributed by atoms with van der Waals surface area (Å²) < 4.78 is 37.7. The van der Waals surface area contributed by atoms with Crippen molar-refractivity contribution in [3.63, 3.8) is 0 Å². The Bertz CT molecular complexity index is 565. The van der Waals surface area contributed by atoms with Gasteiger partial charge in [-0.05, 0) is 6.07 Å². The summed E-state index contributed by atoms with van der Waals surface area (Å²) in [6.07, 6.45) is -2.82. The topological polar surface area (TPSA) is 66.0 Å². The lowest BCUT2D eigenvalue weighted by atomic mass is 10.2. The molecule has 1 aromatic heterocycles. The average molecular weight is 230 g/mol. The summed E-state index contributed by atoms with van der Waals surface area (Å²) >= 11 is 0. The number of hydrogen-bond acceptors (Lipinski definition) is 2. The molecule has 0 aliphatic rings. The van der Waals surface area contributed by atoms with Gasteiger partial charge < -0.3 is 10.1 Å². The molecule has 84 valence electrons. The van der Waals surface area contributed by atoms with Gasteiger partial charge in [0.25, 0.3) is 6.43 Å². The fraction of sp³-hybridized carbons (Fsp3) is 0.111.